The van der Waals surface area contributed by atoms with Crippen LogP contribution in [-0.4, -0.2) is 48.2 Å². The van der Waals surface area contributed by atoms with Crippen LogP contribution in [0.4, 0.5) is 19.0 Å². The summed E-state index contributed by atoms with van der Waals surface area (Å²) < 4.78 is 43.4. The molecule has 0 saturated carbocycles. The molecular weight excluding hydrogens is 273 g/mol. The summed E-state index contributed by atoms with van der Waals surface area (Å²) in [6.07, 6.45) is -4.61. The van der Waals surface area contributed by atoms with E-state index in [9.17, 15) is 13.2 Å². The summed E-state index contributed by atoms with van der Waals surface area (Å²) in [5, 5.41) is 2.56. The third-order valence-electron chi connectivity index (χ3n) is 3.00. The maximum atomic E-state index is 12.7. The van der Waals surface area contributed by atoms with Gasteiger partial charge in [0.15, 0.2) is 0 Å². The minimum Gasteiger partial charge on any atom is -0.476 e. The Labute approximate surface area is 116 Å². The van der Waals surface area contributed by atoms with Crippen molar-refractivity contribution in [3.05, 3.63) is 11.9 Å². The van der Waals surface area contributed by atoms with Gasteiger partial charge in [-0.15, -0.1) is 0 Å². The van der Waals surface area contributed by atoms with Gasteiger partial charge >= 0.3 is 6.18 Å². The van der Waals surface area contributed by atoms with Gasteiger partial charge < -0.3 is 15.0 Å². The fourth-order valence-corrected chi connectivity index (χ4v) is 1.13. The minimum atomic E-state index is -4.61. The number of halogens is 3. The van der Waals surface area contributed by atoms with Gasteiger partial charge in [0.25, 0.3) is 0 Å². The molecule has 0 atom stereocenters. The van der Waals surface area contributed by atoms with E-state index in [2.05, 4.69) is 15.3 Å². The molecule has 1 rings (SSSR count). The molecule has 0 unspecified atom stereocenters. The predicted octanol–water partition coefficient (Wildman–Crippen LogP) is 2.26. The first-order chi connectivity index (χ1) is 9.06. The van der Waals surface area contributed by atoms with Crippen molar-refractivity contribution < 1.29 is 17.9 Å². The lowest BCUT2D eigenvalue weighted by Crippen LogP contribution is -2.43. The summed E-state index contributed by atoms with van der Waals surface area (Å²) >= 11 is 0. The molecule has 0 aliphatic rings. The molecular formula is C12H19F3N4O. The molecule has 20 heavy (non-hydrogen) atoms. The van der Waals surface area contributed by atoms with Crippen molar-refractivity contribution in [3.63, 3.8) is 0 Å². The third kappa shape index (κ3) is 4.22. The number of hydrogen-bond acceptors (Lipinski definition) is 5. The number of hydrogen-bond donors (Lipinski definition) is 1. The van der Waals surface area contributed by atoms with E-state index in [1.165, 1.54) is 13.1 Å². The predicted molar refractivity (Wildman–Crippen MR) is 69.8 cm³/mol. The molecule has 114 valence electrons. The van der Waals surface area contributed by atoms with Gasteiger partial charge in [-0.2, -0.15) is 18.2 Å². The Bertz CT molecular complexity index is 461. The second kappa shape index (κ2) is 5.82. The Morgan fingerprint density at radius 3 is 2.30 bits per heavy atom. The Kier molecular flexibility index (Phi) is 4.80. The minimum absolute atomic E-state index is 0.0602. The molecule has 1 heterocycles. The van der Waals surface area contributed by atoms with Gasteiger partial charge in [0.05, 0.1) is 0 Å². The highest BCUT2D eigenvalue weighted by molar-refractivity contribution is 5.38. The lowest BCUT2D eigenvalue weighted by atomic mass is 10.1. The molecule has 5 nitrogen and oxygen atoms in total. The van der Waals surface area contributed by atoms with E-state index in [4.69, 9.17) is 4.74 Å². The Balaban J connectivity index is 2.96. The van der Waals surface area contributed by atoms with Gasteiger partial charge in [-0.1, -0.05) is 0 Å². The van der Waals surface area contributed by atoms with Crippen molar-refractivity contribution in [1.82, 2.24) is 14.9 Å². The number of nitrogens with one attached hydrogen (secondary N) is 1. The topological polar surface area (TPSA) is 50.3 Å². The van der Waals surface area contributed by atoms with Gasteiger partial charge in [0.1, 0.15) is 12.4 Å². The molecule has 0 aliphatic heterocycles. The molecule has 1 aromatic heterocycles. The molecule has 0 amide bonds. The van der Waals surface area contributed by atoms with Crippen LogP contribution in [0.5, 0.6) is 5.88 Å². The van der Waals surface area contributed by atoms with Crippen molar-refractivity contribution in [2.75, 3.05) is 33.1 Å². The number of likely N-dealkylation sites (N-methyl/N-ethyl adjacent to an activating group) is 1. The molecule has 0 bridgehead atoms. The molecule has 8 heteroatoms. The average Bonchev–Trinajstić information content (AvgIpc) is 2.34. The van der Waals surface area contributed by atoms with Crippen LogP contribution in [0.1, 0.15) is 19.7 Å². The normalized spacial score (nSPS) is 12.7. The van der Waals surface area contributed by atoms with E-state index in [1.54, 1.807) is 0 Å². The van der Waals surface area contributed by atoms with Crippen LogP contribution in [0.15, 0.2) is 6.07 Å². The smallest absolute Gasteiger partial charge is 0.451 e. The van der Waals surface area contributed by atoms with Crippen LogP contribution in [-0.2, 0) is 6.18 Å². The van der Waals surface area contributed by atoms with Gasteiger partial charge in [0, 0.05) is 18.7 Å². The molecule has 0 saturated heterocycles. The lowest BCUT2D eigenvalue weighted by Gasteiger charge is -2.31. The van der Waals surface area contributed by atoms with Gasteiger partial charge in [-0.25, -0.2) is 4.98 Å². The van der Waals surface area contributed by atoms with Crippen LogP contribution in [0.3, 0.4) is 0 Å². The first-order valence-corrected chi connectivity index (χ1v) is 6.00. The molecule has 0 aliphatic carbocycles. The summed E-state index contributed by atoms with van der Waals surface area (Å²) in [6, 6.07) is 1.33. The highest BCUT2D eigenvalue weighted by Crippen LogP contribution is 2.29. The Hall–Kier alpha value is -1.57. The van der Waals surface area contributed by atoms with E-state index < -0.39 is 12.0 Å². The van der Waals surface area contributed by atoms with E-state index in [1.807, 2.05) is 32.8 Å². The fourth-order valence-electron chi connectivity index (χ4n) is 1.13. The SMILES string of the molecule is CNc1cc(OCC(C)(C)N(C)C)nc(C(F)(F)F)n1. The zero-order valence-corrected chi connectivity index (χ0v) is 12.2. The second-order valence-corrected chi connectivity index (χ2v) is 5.16. The monoisotopic (exact) mass is 292 g/mol. The van der Waals surface area contributed by atoms with Crippen molar-refractivity contribution >= 4 is 5.82 Å². The summed E-state index contributed by atoms with van der Waals surface area (Å²) in [4.78, 5) is 8.68. The molecule has 0 spiro atoms. The van der Waals surface area contributed by atoms with Crippen LogP contribution < -0.4 is 10.1 Å². The number of ether oxygens (including phenoxy) is 1. The third-order valence-corrected chi connectivity index (χ3v) is 3.00. The van der Waals surface area contributed by atoms with Gasteiger partial charge in [-0.3, -0.25) is 0 Å². The summed E-state index contributed by atoms with van der Waals surface area (Å²) in [5.74, 6) is -1.27. The zero-order chi connectivity index (χ0) is 15.6. The van der Waals surface area contributed by atoms with Crippen molar-refractivity contribution in [3.8, 4) is 5.88 Å². The highest BCUT2D eigenvalue weighted by Gasteiger charge is 2.35. The number of aromatic nitrogens is 2. The van der Waals surface area contributed by atoms with E-state index in [-0.39, 0.29) is 23.8 Å². The van der Waals surface area contributed by atoms with Crippen molar-refractivity contribution in [1.29, 1.82) is 0 Å². The summed E-state index contributed by atoms with van der Waals surface area (Å²) in [6.45, 7) is 4.03. The standard InChI is InChI=1S/C12H19F3N4O/c1-11(2,19(4)5)7-20-9-6-8(16-3)17-10(18-9)12(13,14)15/h6H,7H2,1-5H3,(H,16,17,18). The van der Waals surface area contributed by atoms with Crippen molar-refractivity contribution in [2.45, 2.75) is 25.6 Å². The number of anilines is 1. The zero-order valence-electron chi connectivity index (χ0n) is 12.2. The van der Waals surface area contributed by atoms with Crippen LogP contribution in [0.2, 0.25) is 0 Å². The number of rotatable bonds is 5. The molecule has 1 aromatic rings. The maximum absolute atomic E-state index is 12.7. The fraction of sp³-hybridized carbons (Fsp3) is 0.667. The van der Waals surface area contributed by atoms with E-state index in [0.29, 0.717) is 0 Å². The highest BCUT2D eigenvalue weighted by atomic mass is 19.4. The van der Waals surface area contributed by atoms with Crippen LogP contribution in [0, 0.1) is 0 Å². The first-order valence-electron chi connectivity index (χ1n) is 6.00. The molecule has 0 radical (unpaired) electrons. The van der Waals surface area contributed by atoms with Crippen molar-refractivity contribution in [2.24, 2.45) is 0 Å². The average molecular weight is 292 g/mol. The van der Waals surface area contributed by atoms with Crippen LogP contribution >= 0.6 is 0 Å². The Morgan fingerprint density at radius 2 is 1.85 bits per heavy atom. The molecule has 1 N–H and O–H groups in total. The molecule has 0 aromatic carbocycles. The van der Waals surface area contributed by atoms with Gasteiger partial charge in [-0.05, 0) is 27.9 Å². The van der Waals surface area contributed by atoms with Gasteiger partial charge in [0.2, 0.25) is 11.7 Å². The second-order valence-electron chi connectivity index (χ2n) is 5.16. The summed E-state index contributed by atoms with van der Waals surface area (Å²) in [7, 11) is 5.21. The molecule has 0 fully saturated rings. The number of alkyl halides is 3. The van der Waals surface area contributed by atoms with E-state index in [0.717, 1.165) is 0 Å². The number of nitrogens with zero attached hydrogens (tertiary/aromatic N) is 3. The first kappa shape index (κ1) is 16.5. The lowest BCUT2D eigenvalue weighted by molar-refractivity contribution is -0.145. The van der Waals surface area contributed by atoms with E-state index >= 15 is 0 Å². The van der Waals surface area contributed by atoms with Crippen LogP contribution in [0.25, 0.3) is 0 Å². The Morgan fingerprint density at radius 1 is 1.25 bits per heavy atom. The quantitative estimate of drug-likeness (QED) is 0.902. The summed E-state index contributed by atoms with van der Waals surface area (Å²) in [5.41, 5.74) is -0.330. The largest absolute Gasteiger partial charge is 0.476 e. The maximum Gasteiger partial charge on any atom is 0.451 e.